The maximum atomic E-state index is 10.4. The van der Waals surface area contributed by atoms with Crippen LogP contribution >= 0.6 is 0 Å². The second kappa shape index (κ2) is 5.60. The highest BCUT2D eigenvalue weighted by molar-refractivity contribution is 7.72. The lowest BCUT2D eigenvalue weighted by Gasteiger charge is -2.30. The van der Waals surface area contributed by atoms with Crippen molar-refractivity contribution in [3.05, 3.63) is 0 Å². The van der Waals surface area contributed by atoms with E-state index < -0.39 is 10.7 Å². The minimum atomic E-state index is -2.18. The average molecular weight is 205 g/mol. The summed E-state index contributed by atoms with van der Waals surface area (Å²) in [6, 6.07) is 0. The predicted octanol–water partition coefficient (Wildman–Crippen LogP) is 0.720. The molecule has 1 fully saturated rings. The lowest BCUT2D eigenvalue weighted by atomic mass is 9.94. The Morgan fingerprint density at radius 2 is 1.92 bits per heavy atom. The van der Waals surface area contributed by atoms with Gasteiger partial charge in [-0.1, -0.05) is 13.3 Å². The smallest absolute Gasteiger partial charge is 0.141 e. The number of thiol groups is 1. The summed E-state index contributed by atoms with van der Waals surface area (Å²) in [6.07, 6.45) is 3.75. The summed E-state index contributed by atoms with van der Waals surface area (Å²) < 4.78 is 20.7. The Labute approximate surface area is 82.1 Å². The molecular formula is C9H19NO2S. The monoisotopic (exact) mass is 205 g/mol. The molecule has 1 heterocycles. The number of likely N-dealkylation sites (tertiary alicyclic amines) is 1. The summed E-state index contributed by atoms with van der Waals surface area (Å²) in [4.78, 5) is 2.26. The first-order valence-corrected chi connectivity index (χ1v) is 6.42. The molecule has 78 valence electrons. The van der Waals surface area contributed by atoms with Crippen molar-refractivity contribution >= 4 is 10.7 Å². The zero-order chi connectivity index (χ0) is 9.68. The first-order chi connectivity index (χ1) is 6.22. The molecule has 1 saturated heterocycles. The van der Waals surface area contributed by atoms with E-state index in [0.717, 1.165) is 25.6 Å². The molecule has 3 nitrogen and oxygen atoms in total. The maximum absolute atomic E-state index is 10.4. The summed E-state index contributed by atoms with van der Waals surface area (Å²) in [5, 5.41) is 0. The van der Waals surface area contributed by atoms with Gasteiger partial charge in [0.25, 0.3) is 0 Å². The van der Waals surface area contributed by atoms with Crippen molar-refractivity contribution in [1.82, 2.24) is 4.90 Å². The van der Waals surface area contributed by atoms with Gasteiger partial charge in [-0.3, -0.25) is 0 Å². The maximum Gasteiger partial charge on any atom is 0.141 e. The van der Waals surface area contributed by atoms with E-state index in [9.17, 15) is 8.42 Å². The third-order valence-corrected chi connectivity index (χ3v) is 3.45. The number of piperidine rings is 1. The largest absolute Gasteiger partial charge is 0.302 e. The van der Waals surface area contributed by atoms with Gasteiger partial charge in [0, 0.05) is 6.54 Å². The number of nitrogens with zero attached hydrogens (tertiary/aromatic N) is 1. The van der Waals surface area contributed by atoms with Crippen LogP contribution in [-0.2, 0) is 10.7 Å². The Morgan fingerprint density at radius 3 is 2.38 bits per heavy atom. The number of rotatable bonds is 4. The highest BCUT2D eigenvalue weighted by Gasteiger charge is 2.16. The fourth-order valence-electron chi connectivity index (χ4n) is 1.84. The van der Waals surface area contributed by atoms with Crippen molar-refractivity contribution in [2.24, 2.45) is 5.92 Å². The quantitative estimate of drug-likeness (QED) is 0.687. The molecule has 0 unspecified atom stereocenters. The van der Waals surface area contributed by atoms with E-state index in [0.29, 0.717) is 5.75 Å². The highest BCUT2D eigenvalue weighted by atomic mass is 32.2. The van der Waals surface area contributed by atoms with Crippen molar-refractivity contribution < 1.29 is 8.42 Å². The van der Waals surface area contributed by atoms with Crippen LogP contribution in [0.2, 0.25) is 0 Å². The second-order valence-corrected chi connectivity index (χ2v) is 4.86. The van der Waals surface area contributed by atoms with Gasteiger partial charge in [0.2, 0.25) is 0 Å². The van der Waals surface area contributed by atoms with E-state index in [1.807, 2.05) is 0 Å². The fraction of sp³-hybridized carbons (Fsp3) is 1.00. The van der Waals surface area contributed by atoms with Crippen LogP contribution in [-0.4, -0.2) is 38.7 Å². The minimum Gasteiger partial charge on any atom is -0.302 e. The van der Waals surface area contributed by atoms with Crippen LogP contribution in [0.25, 0.3) is 0 Å². The van der Waals surface area contributed by atoms with E-state index in [1.54, 1.807) is 0 Å². The van der Waals surface area contributed by atoms with Crippen molar-refractivity contribution in [2.45, 2.75) is 26.2 Å². The van der Waals surface area contributed by atoms with Crippen molar-refractivity contribution in [1.29, 1.82) is 0 Å². The van der Waals surface area contributed by atoms with Crippen LogP contribution in [0, 0.1) is 5.92 Å². The van der Waals surface area contributed by atoms with Crippen LogP contribution in [0.1, 0.15) is 26.2 Å². The molecule has 0 bridgehead atoms. The van der Waals surface area contributed by atoms with E-state index >= 15 is 0 Å². The number of hydrogen-bond donors (Lipinski definition) is 1. The van der Waals surface area contributed by atoms with Gasteiger partial charge in [0.15, 0.2) is 0 Å². The van der Waals surface area contributed by atoms with Gasteiger partial charge in [-0.15, -0.1) is 0 Å². The molecule has 0 N–H and O–H groups in total. The van der Waals surface area contributed by atoms with Crippen LogP contribution in [0.3, 0.4) is 0 Å². The zero-order valence-corrected chi connectivity index (χ0v) is 9.13. The molecule has 1 aliphatic heterocycles. The van der Waals surface area contributed by atoms with E-state index in [-0.39, 0.29) is 0 Å². The Bertz CT molecular complexity index is 200. The molecule has 0 spiro atoms. The molecule has 0 aromatic carbocycles. The molecule has 13 heavy (non-hydrogen) atoms. The zero-order valence-electron chi connectivity index (χ0n) is 8.24. The van der Waals surface area contributed by atoms with Crippen molar-refractivity contribution in [2.75, 3.05) is 25.4 Å². The summed E-state index contributed by atoms with van der Waals surface area (Å²) in [7, 11) is -2.18. The molecule has 0 saturated carbocycles. The van der Waals surface area contributed by atoms with Gasteiger partial charge in [-0.25, -0.2) is 8.42 Å². The normalized spacial score (nSPS) is 21.1. The summed E-state index contributed by atoms with van der Waals surface area (Å²) in [6.45, 7) is 5.13. The van der Waals surface area contributed by atoms with Gasteiger partial charge < -0.3 is 4.90 Å². The van der Waals surface area contributed by atoms with E-state index in [1.165, 1.54) is 19.3 Å². The van der Waals surface area contributed by atoms with Gasteiger partial charge in [0.1, 0.15) is 10.7 Å². The van der Waals surface area contributed by atoms with E-state index in [2.05, 4.69) is 11.8 Å². The molecule has 0 aliphatic carbocycles. The van der Waals surface area contributed by atoms with Crippen molar-refractivity contribution in [3.63, 3.8) is 0 Å². The lowest BCUT2D eigenvalue weighted by Crippen LogP contribution is -2.35. The van der Waals surface area contributed by atoms with Crippen LogP contribution < -0.4 is 0 Å². The van der Waals surface area contributed by atoms with Crippen LogP contribution in [0.5, 0.6) is 0 Å². The highest BCUT2D eigenvalue weighted by Crippen LogP contribution is 2.19. The van der Waals surface area contributed by atoms with Gasteiger partial charge in [-0.2, -0.15) is 0 Å². The lowest BCUT2D eigenvalue weighted by molar-refractivity contribution is 0.191. The Hall–Kier alpha value is -0.0900. The first kappa shape index (κ1) is 11.0. The predicted molar refractivity (Wildman–Crippen MR) is 54.6 cm³/mol. The fourth-order valence-corrected chi connectivity index (χ4v) is 2.29. The van der Waals surface area contributed by atoms with Crippen LogP contribution in [0.15, 0.2) is 0 Å². The topological polar surface area (TPSA) is 37.4 Å². The molecule has 0 amide bonds. The molecule has 1 aliphatic rings. The Kier molecular flexibility index (Phi) is 4.73. The summed E-state index contributed by atoms with van der Waals surface area (Å²) in [5.74, 6) is 1.20. The van der Waals surface area contributed by atoms with Gasteiger partial charge >= 0.3 is 0 Å². The third kappa shape index (κ3) is 4.09. The van der Waals surface area contributed by atoms with Crippen LogP contribution in [0.4, 0.5) is 0 Å². The molecule has 0 radical (unpaired) electrons. The molecule has 0 aromatic heterocycles. The Balaban J connectivity index is 2.17. The average Bonchev–Trinajstić information content (AvgIpc) is 2.15. The molecule has 4 heteroatoms. The summed E-state index contributed by atoms with van der Waals surface area (Å²) >= 11 is 0. The minimum absolute atomic E-state index is 0.326. The van der Waals surface area contributed by atoms with Gasteiger partial charge in [-0.05, 0) is 31.8 Å². The Morgan fingerprint density at radius 1 is 1.31 bits per heavy atom. The van der Waals surface area contributed by atoms with Crippen molar-refractivity contribution in [3.8, 4) is 0 Å². The summed E-state index contributed by atoms with van der Waals surface area (Å²) in [5.41, 5.74) is 0. The molecular weight excluding hydrogens is 186 g/mol. The third-order valence-electron chi connectivity index (χ3n) is 2.88. The second-order valence-electron chi connectivity index (χ2n) is 3.75. The molecule has 1 rings (SSSR count). The number of hydrogen-bond acceptors (Lipinski definition) is 3. The first-order valence-electron chi connectivity index (χ1n) is 5.06. The van der Waals surface area contributed by atoms with E-state index in [4.69, 9.17) is 0 Å². The molecule has 0 atom stereocenters. The standard InChI is InChI=1S/C9H19NO2S/c1-2-9-3-5-10(6-4-9)7-8-13(11)12/h9,13H,2-8H2,1H3. The molecule has 0 aromatic rings. The SMILES string of the molecule is CCC1CCN(CC[SH](=O)=O)CC1. The van der Waals surface area contributed by atoms with Gasteiger partial charge in [0.05, 0.1) is 5.75 Å².